The van der Waals surface area contributed by atoms with Crippen LogP contribution in [-0.4, -0.2) is 5.00 Å². The first-order chi connectivity index (χ1) is 4.93. The zero-order valence-corrected chi connectivity index (χ0v) is 8.83. The molecule has 11 heavy (non-hydrogen) atoms. The predicted octanol–water partition coefficient (Wildman–Crippen LogP) is 3.12. The first-order valence-electron chi connectivity index (χ1n) is 4.41. The topological polar surface area (TPSA) is 26.0 Å². The van der Waals surface area contributed by atoms with Gasteiger partial charge in [0.25, 0.3) is 0 Å². The van der Waals surface area contributed by atoms with Gasteiger partial charge in [-0.2, -0.15) is 0 Å². The first kappa shape index (κ1) is 11.2. The lowest BCUT2D eigenvalue weighted by atomic mass is 9.74. The van der Waals surface area contributed by atoms with Crippen LogP contribution in [0, 0.1) is 5.41 Å². The van der Waals surface area contributed by atoms with E-state index in [1.807, 2.05) is 6.92 Å². The fourth-order valence-electron chi connectivity index (χ4n) is 1.79. The lowest BCUT2D eigenvalue weighted by Crippen LogP contribution is -2.47. The Hall–Kier alpha value is 0.250. The molecule has 0 radical (unpaired) electrons. The molecular weight excluding hydrogens is 158 g/mol. The molecule has 0 saturated carbocycles. The standard InChI is InChI=1S/C9H20ClN/c1-5-9(6-2,7-3)8(4,10)11/h5-7,11H2,1-4H3. The second kappa shape index (κ2) is 3.77. The third kappa shape index (κ3) is 2.09. The summed E-state index contributed by atoms with van der Waals surface area (Å²) in [6.07, 6.45) is 3.16. The zero-order chi connectivity index (χ0) is 9.12. The molecule has 0 rings (SSSR count). The Morgan fingerprint density at radius 2 is 1.36 bits per heavy atom. The molecular formula is C9H20ClN. The molecule has 0 amide bonds. The Kier molecular flexibility index (Phi) is 3.86. The van der Waals surface area contributed by atoms with E-state index in [-0.39, 0.29) is 5.41 Å². The minimum absolute atomic E-state index is 0.106. The van der Waals surface area contributed by atoms with Crippen molar-refractivity contribution in [2.24, 2.45) is 11.1 Å². The highest BCUT2D eigenvalue weighted by Crippen LogP contribution is 2.42. The van der Waals surface area contributed by atoms with Gasteiger partial charge < -0.3 is 5.73 Å². The van der Waals surface area contributed by atoms with Crippen LogP contribution < -0.4 is 5.73 Å². The van der Waals surface area contributed by atoms with E-state index < -0.39 is 5.00 Å². The van der Waals surface area contributed by atoms with Gasteiger partial charge in [-0.15, -0.1) is 11.6 Å². The second-order valence-electron chi connectivity index (χ2n) is 3.42. The molecule has 0 aromatic heterocycles. The number of rotatable bonds is 4. The maximum atomic E-state index is 6.13. The molecule has 1 unspecified atom stereocenters. The van der Waals surface area contributed by atoms with Gasteiger partial charge in [0, 0.05) is 5.41 Å². The molecule has 0 fully saturated rings. The third-order valence-electron chi connectivity index (χ3n) is 3.07. The first-order valence-corrected chi connectivity index (χ1v) is 4.79. The number of alkyl halides is 1. The van der Waals surface area contributed by atoms with E-state index in [4.69, 9.17) is 17.3 Å². The molecule has 0 aromatic rings. The summed E-state index contributed by atoms with van der Waals surface area (Å²) < 4.78 is 0. The van der Waals surface area contributed by atoms with Crippen LogP contribution in [0.4, 0.5) is 0 Å². The van der Waals surface area contributed by atoms with E-state index >= 15 is 0 Å². The van der Waals surface area contributed by atoms with Crippen LogP contribution in [0.2, 0.25) is 0 Å². The van der Waals surface area contributed by atoms with Gasteiger partial charge in [0.15, 0.2) is 0 Å². The summed E-state index contributed by atoms with van der Waals surface area (Å²) in [7, 11) is 0. The Morgan fingerprint density at radius 1 is 1.09 bits per heavy atom. The molecule has 0 aliphatic rings. The lowest BCUT2D eigenvalue weighted by molar-refractivity contribution is 0.176. The van der Waals surface area contributed by atoms with Crippen molar-refractivity contribution >= 4 is 11.6 Å². The maximum absolute atomic E-state index is 6.13. The Balaban J connectivity index is 4.54. The number of hydrogen-bond acceptors (Lipinski definition) is 1. The average Bonchev–Trinajstić information content (AvgIpc) is 1.90. The predicted molar refractivity (Wildman–Crippen MR) is 51.8 cm³/mol. The fraction of sp³-hybridized carbons (Fsp3) is 1.00. The average molecular weight is 178 g/mol. The van der Waals surface area contributed by atoms with Gasteiger partial charge in [0.1, 0.15) is 0 Å². The minimum Gasteiger partial charge on any atom is -0.313 e. The molecule has 68 valence electrons. The van der Waals surface area contributed by atoms with Crippen LogP contribution >= 0.6 is 11.6 Å². The highest BCUT2D eigenvalue weighted by atomic mass is 35.5. The van der Waals surface area contributed by atoms with Crippen molar-refractivity contribution in [3.05, 3.63) is 0 Å². The van der Waals surface area contributed by atoms with Crippen LogP contribution in [0.3, 0.4) is 0 Å². The van der Waals surface area contributed by atoms with Crippen LogP contribution in [0.15, 0.2) is 0 Å². The molecule has 0 aliphatic heterocycles. The number of hydrogen-bond donors (Lipinski definition) is 1. The van der Waals surface area contributed by atoms with Crippen LogP contribution in [0.1, 0.15) is 47.0 Å². The molecule has 1 nitrogen and oxygen atoms in total. The SMILES string of the molecule is CCC(CC)(CC)C(C)(N)Cl. The van der Waals surface area contributed by atoms with Gasteiger partial charge in [-0.25, -0.2) is 0 Å². The summed E-state index contributed by atoms with van der Waals surface area (Å²) >= 11 is 6.13. The minimum atomic E-state index is -0.564. The molecule has 0 bridgehead atoms. The highest BCUT2D eigenvalue weighted by molar-refractivity contribution is 6.23. The summed E-state index contributed by atoms with van der Waals surface area (Å²) in [6, 6.07) is 0. The summed E-state index contributed by atoms with van der Waals surface area (Å²) in [5, 5.41) is 0. The van der Waals surface area contributed by atoms with E-state index in [1.165, 1.54) is 0 Å². The van der Waals surface area contributed by atoms with Crippen molar-refractivity contribution in [3.8, 4) is 0 Å². The Bertz CT molecular complexity index is 103. The maximum Gasteiger partial charge on any atom is 0.0938 e. The normalized spacial score (nSPS) is 18.0. The molecule has 0 saturated heterocycles. The van der Waals surface area contributed by atoms with Crippen molar-refractivity contribution in [3.63, 3.8) is 0 Å². The highest BCUT2D eigenvalue weighted by Gasteiger charge is 2.39. The van der Waals surface area contributed by atoms with E-state index in [0.717, 1.165) is 19.3 Å². The summed E-state index contributed by atoms with van der Waals surface area (Å²) in [6.45, 7) is 8.37. The van der Waals surface area contributed by atoms with Crippen LogP contribution in [0.25, 0.3) is 0 Å². The second-order valence-corrected chi connectivity index (χ2v) is 4.20. The van der Waals surface area contributed by atoms with Crippen molar-refractivity contribution in [1.29, 1.82) is 0 Å². The van der Waals surface area contributed by atoms with E-state index in [9.17, 15) is 0 Å². The van der Waals surface area contributed by atoms with E-state index in [2.05, 4.69) is 20.8 Å². The van der Waals surface area contributed by atoms with E-state index in [1.54, 1.807) is 0 Å². The third-order valence-corrected chi connectivity index (χ3v) is 3.47. The molecule has 1 atom stereocenters. The quantitative estimate of drug-likeness (QED) is 0.518. The van der Waals surface area contributed by atoms with Crippen LogP contribution in [-0.2, 0) is 0 Å². The zero-order valence-electron chi connectivity index (χ0n) is 8.08. The number of halogens is 1. The molecule has 0 aliphatic carbocycles. The van der Waals surface area contributed by atoms with Gasteiger partial charge >= 0.3 is 0 Å². The van der Waals surface area contributed by atoms with Gasteiger partial charge in [-0.1, -0.05) is 20.8 Å². The van der Waals surface area contributed by atoms with Crippen molar-refractivity contribution in [2.75, 3.05) is 0 Å². The fourth-order valence-corrected chi connectivity index (χ4v) is 2.19. The monoisotopic (exact) mass is 177 g/mol. The van der Waals surface area contributed by atoms with Gasteiger partial charge in [0.2, 0.25) is 0 Å². The Morgan fingerprint density at radius 3 is 1.36 bits per heavy atom. The summed E-state index contributed by atoms with van der Waals surface area (Å²) in [5.41, 5.74) is 6.02. The summed E-state index contributed by atoms with van der Waals surface area (Å²) in [4.78, 5) is -0.564. The van der Waals surface area contributed by atoms with Crippen molar-refractivity contribution in [2.45, 2.75) is 52.0 Å². The van der Waals surface area contributed by atoms with E-state index in [0.29, 0.717) is 0 Å². The molecule has 2 N–H and O–H groups in total. The Labute approximate surface area is 75.3 Å². The largest absolute Gasteiger partial charge is 0.313 e. The van der Waals surface area contributed by atoms with Gasteiger partial charge in [-0.3, -0.25) is 0 Å². The molecule has 0 spiro atoms. The summed E-state index contributed by atoms with van der Waals surface area (Å²) in [5.74, 6) is 0. The van der Waals surface area contributed by atoms with Gasteiger partial charge in [-0.05, 0) is 26.2 Å². The smallest absolute Gasteiger partial charge is 0.0938 e. The molecule has 2 heteroatoms. The van der Waals surface area contributed by atoms with Crippen LogP contribution in [0.5, 0.6) is 0 Å². The van der Waals surface area contributed by atoms with Gasteiger partial charge in [0.05, 0.1) is 5.00 Å². The lowest BCUT2D eigenvalue weighted by Gasteiger charge is -2.41. The molecule has 0 aromatic carbocycles. The molecule has 0 heterocycles. The van der Waals surface area contributed by atoms with Crippen molar-refractivity contribution in [1.82, 2.24) is 0 Å². The number of nitrogens with two attached hydrogens (primary N) is 1. The van der Waals surface area contributed by atoms with Crippen molar-refractivity contribution < 1.29 is 0 Å².